The van der Waals surface area contributed by atoms with Crippen molar-refractivity contribution in [2.45, 2.75) is 19.8 Å². The van der Waals surface area contributed by atoms with Gasteiger partial charge < -0.3 is 0 Å². The Labute approximate surface area is 174 Å². The predicted molar refractivity (Wildman–Crippen MR) is 116 cm³/mol. The van der Waals surface area contributed by atoms with Crippen LogP contribution in [0.4, 0.5) is 0 Å². The van der Waals surface area contributed by atoms with Crippen molar-refractivity contribution < 1.29 is 10.0 Å². The fourth-order valence-corrected chi connectivity index (χ4v) is 3.64. The summed E-state index contributed by atoms with van der Waals surface area (Å²) in [5.74, 6) is 1.09. The molecule has 0 aliphatic carbocycles. The van der Waals surface area contributed by atoms with Crippen molar-refractivity contribution in [3.8, 4) is 5.82 Å². The standard InChI is InChI=1S/C24H22N4O2/c1-17-26-24-20(13-10-18-7-3-2-4-8-18)19(12-15-23(29)27-30)11-14-21(24)28(17)22-9-5-6-16-25-22/h2-9,11-12,14-16,30H,10,13H2,1H3,(H,27,29). The van der Waals surface area contributed by atoms with Crippen LogP contribution in [0.1, 0.15) is 22.5 Å². The highest BCUT2D eigenvalue weighted by Crippen LogP contribution is 2.28. The number of pyridine rings is 1. The number of hydroxylamine groups is 1. The second-order valence-corrected chi connectivity index (χ2v) is 6.98. The smallest absolute Gasteiger partial charge is 0.267 e. The molecule has 0 atom stereocenters. The Kier molecular flexibility index (Phi) is 5.68. The van der Waals surface area contributed by atoms with Crippen molar-refractivity contribution >= 4 is 23.0 Å². The molecule has 4 aromatic rings. The topological polar surface area (TPSA) is 80.0 Å². The van der Waals surface area contributed by atoms with Gasteiger partial charge in [-0.15, -0.1) is 0 Å². The third-order valence-corrected chi connectivity index (χ3v) is 5.05. The number of nitrogens with zero attached hydrogens (tertiary/aromatic N) is 3. The van der Waals surface area contributed by atoms with Gasteiger partial charge in [-0.1, -0.05) is 42.5 Å². The highest BCUT2D eigenvalue weighted by Gasteiger charge is 2.15. The molecule has 2 aromatic heterocycles. The average Bonchev–Trinajstić information content (AvgIpc) is 3.13. The van der Waals surface area contributed by atoms with Crippen molar-refractivity contribution in [2.75, 3.05) is 0 Å². The molecule has 0 bridgehead atoms. The number of rotatable bonds is 6. The summed E-state index contributed by atoms with van der Waals surface area (Å²) in [5, 5.41) is 8.80. The number of hydrogen-bond donors (Lipinski definition) is 2. The van der Waals surface area contributed by atoms with E-state index in [1.807, 2.05) is 60.0 Å². The van der Waals surface area contributed by atoms with Crippen molar-refractivity contribution in [2.24, 2.45) is 0 Å². The zero-order valence-corrected chi connectivity index (χ0v) is 16.6. The fraction of sp³-hybridized carbons (Fsp3) is 0.125. The molecule has 30 heavy (non-hydrogen) atoms. The van der Waals surface area contributed by atoms with E-state index in [0.717, 1.165) is 46.6 Å². The normalized spacial score (nSPS) is 11.3. The number of hydrogen-bond acceptors (Lipinski definition) is 4. The molecule has 0 radical (unpaired) electrons. The van der Waals surface area contributed by atoms with Crippen LogP contribution in [0.15, 0.2) is 72.9 Å². The number of benzene rings is 2. The van der Waals surface area contributed by atoms with E-state index in [0.29, 0.717) is 0 Å². The van der Waals surface area contributed by atoms with Gasteiger partial charge in [-0.05, 0) is 60.7 Å². The molecule has 6 nitrogen and oxygen atoms in total. The van der Waals surface area contributed by atoms with Crippen LogP contribution < -0.4 is 5.48 Å². The molecule has 0 spiro atoms. The van der Waals surface area contributed by atoms with E-state index in [-0.39, 0.29) is 0 Å². The minimum Gasteiger partial charge on any atom is -0.288 e. The van der Waals surface area contributed by atoms with Crippen molar-refractivity contribution in [3.63, 3.8) is 0 Å². The SMILES string of the molecule is Cc1nc2c(CCc3ccccc3)c(C=CC(=O)NO)ccc2n1-c1ccccn1. The molecule has 0 fully saturated rings. The first-order valence-electron chi connectivity index (χ1n) is 9.76. The number of fused-ring (bicyclic) bond motifs is 1. The fourth-order valence-electron chi connectivity index (χ4n) is 3.64. The van der Waals surface area contributed by atoms with Gasteiger partial charge in [-0.3, -0.25) is 14.6 Å². The maximum absolute atomic E-state index is 11.5. The first kappa shape index (κ1) is 19.5. The maximum Gasteiger partial charge on any atom is 0.267 e. The van der Waals surface area contributed by atoms with Gasteiger partial charge in [0.2, 0.25) is 0 Å². The summed E-state index contributed by atoms with van der Waals surface area (Å²) in [6, 6.07) is 20.0. The van der Waals surface area contributed by atoms with Gasteiger partial charge in [0.15, 0.2) is 0 Å². The lowest BCUT2D eigenvalue weighted by Gasteiger charge is -2.10. The van der Waals surface area contributed by atoms with E-state index in [2.05, 4.69) is 17.1 Å². The number of aryl methyl sites for hydroxylation is 3. The Balaban J connectivity index is 1.82. The molecular formula is C24H22N4O2. The molecule has 2 aromatic carbocycles. The molecule has 2 heterocycles. The van der Waals surface area contributed by atoms with E-state index >= 15 is 0 Å². The Bertz CT molecular complexity index is 1200. The quantitative estimate of drug-likeness (QED) is 0.292. The summed E-state index contributed by atoms with van der Waals surface area (Å²) in [5.41, 5.74) is 6.67. The largest absolute Gasteiger partial charge is 0.288 e. The molecule has 6 heteroatoms. The third-order valence-electron chi connectivity index (χ3n) is 5.05. The van der Waals surface area contributed by atoms with Crippen molar-refractivity contribution in [3.05, 3.63) is 95.5 Å². The average molecular weight is 398 g/mol. The highest BCUT2D eigenvalue weighted by molar-refractivity contribution is 5.92. The monoisotopic (exact) mass is 398 g/mol. The molecule has 0 aliphatic heterocycles. The lowest BCUT2D eigenvalue weighted by Crippen LogP contribution is -2.14. The van der Waals surface area contributed by atoms with E-state index in [1.54, 1.807) is 17.8 Å². The zero-order valence-electron chi connectivity index (χ0n) is 16.6. The van der Waals surface area contributed by atoms with Crippen LogP contribution in [0.2, 0.25) is 0 Å². The molecule has 0 unspecified atom stereocenters. The van der Waals surface area contributed by atoms with E-state index < -0.39 is 5.91 Å². The molecule has 150 valence electrons. The second-order valence-electron chi connectivity index (χ2n) is 6.98. The van der Waals surface area contributed by atoms with Crippen LogP contribution in [-0.2, 0) is 17.6 Å². The van der Waals surface area contributed by atoms with Crippen LogP contribution in [0.3, 0.4) is 0 Å². The zero-order chi connectivity index (χ0) is 20.9. The van der Waals surface area contributed by atoms with Gasteiger partial charge in [0.05, 0.1) is 11.0 Å². The Morgan fingerprint density at radius 1 is 1.07 bits per heavy atom. The van der Waals surface area contributed by atoms with Gasteiger partial charge in [0.25, 0.3) is 5.91 Å². The van der Waals surface area contributed by atoms with E-state index in [1.165, 1.54) is 11.6 Å². The van der Waals surface area contributed by atoms with Gasteiger partial charge in [-0.2, -0.15) is 0 Å². The Morgan fingerprint density at radius 3 is 2.60 bits per heavy atom. The summed E-state index contributed by atoms with van der Waals surface area (Å²) in [7, 11) is 0. The van der Waals surface area contributed by atoms with Gasteiger partial charge in [-0.25, -0.2) is 15.4 Å². The molecule has 4 rings (SSSR count). The summed E-state index contributed by atoms with van der Waals surface area (Å²) < 4.78 is 2.04. The number of nitrogens with one attached hydrogen (secondary N) is 1. The number of aromatic nitrogens is 3. The van der Waals surface area contributed by atoms with Crippen LogP contribution in [-0.4, -0.2) is 25.6 Å². The lowest BCUT2D eigenvalue weighted by atomic mass is 9.98. The van der Waals surface area contributed by atoms with Crippen LogP contribution in [0, 0.1) is 6.92 Å². The lowest BCUT2D eigenvalue weighted by molar-refractivity contribution is -0.124. The molecule has 0 saturated carbocycles. The van der Waals surface area contributed by atoms with Crippen LogP contribution in [0.25, 0.3) is 22.9 Å². The number of carbonyl (C=O) groups excluding carboxylic acids is 1. The number of carbonyl (C=O) groups is 1. The maximum atomic E-state index is 11.5. The molecule has 2 N–H and O–H groups in total. The Hall–Kier alpha value is -3.77. The van der Waals surface area contributed by atoms with E-state index in [9.17, 15) is 4.79 Å². The first-order chi connectivity index (χ1) is 14.7. The van der Waals surface area contributed by atoms with E-state index in [4.69, 9.17) is 10.2 Å². The summed E-state index contributed by atoms with van der Waals surface area (Å²) in [4.78, 5) is 20.8. The van der Waals surface area contributed by atoms with Crippen molar-refractivity contribution in [1.82, 2.24) is 20.0 Å². The number of imidazole rings is 1. The van der Waals surface area contributed by atoms with Crippen LogP contribution >= 0.6 is 0 Å². The minimum absolute atomic E-state index is 0.570. The highest BCUT2D eigenvalue weighted by atomic mass is 16.5. The third kappa shape index (κ3) is 3.99. The minimum atomic E-state index is -0.570. The Morgan fingerprint density at radius 2 is 1.87 bits per heavy atom. The number of amides is 1. The molecule has 0 aliphatic rings. The summed E-state index contributed by atoms with van der Waals surface area (Å²) >= 11 is 0. The molecule has 1 amide bonds. The van der Waals surface area contributed by atoms with Crippen molar-refractivity contribution in [1.29, 1.82) is 0 Å². The summed E-state index contributed by atoms with van der Waals surface area (Å²) in [6.07, 6.45) is 6.40. The molecular weight excluding hydrogens is 376 g/mol. The predicted octanol–water partition coefficient (Wildman–Crippen LogP) is 4.03. The first-order valence-corrected chi connectivity index (χ1v) is 9.76. The van der Waals surface area contributed by atoms with Crippen LogP contribution in [0.5, 0.6) is 0 Å². The van der Waals surface area contributed by atoms with Gasteiger partial charge in [0.1, 0.15) is 11.6 Å². The second kappa shape index (κ2) is 8.71. The molecule has 0 saturated heterocycles. The van der Waals surface area contributed by atoms with Gasteiger partial charge in [0, 0.05) is 12.3 Å². The van der Waals surface area contributed by atoms with Gasteiger partial charge >= 0.3 is 0 Å². The summed E-state index contributed by atoms with van der Waals surface area (Å²) in [6.45, 7) is 1.96.